The first-order chi connectivity index (χ1) is 22.0. The van der Waals surface area contributed by atoms with E-state index in [-0.39, 0.29) is 32.3 Å². The number of aliphatic hydroxyl groups excluding tert-OH is 1. The van der Waals surface area contributed by atoms with Crippen molar-refractivity contribution >= 4 is 30.0 Å². The fourth-order valence-electron chi connectivity index (χ4n) is 5.60. The molecule has 2 aromatic rings. The maximum atomic E-state index is 12.5. The van der Waals surface area contributed by atoms with Crippen molar-refractivity contribution in [3.05, 3.63) is 59.7 Å². The van der Waals surface area contributed by atoms with Crippen LogP contribution < -0.4 is 5.32 Å². The highest BCUT2D eigenvalue weighted by molar-refractivity contribution is 5.79. The van der Waals surface area contributed by atoms with Gasteiger partial charge in [0.25, 0.3) is 0 Å². The highest BCUT2D eigenvalue weighted by atomic mass is 16.7. The molecule has 0 saturated carbocycles. The molecule has 14 nitrogen and oxygen atoms in total. The molecule has 0 bridgehead atoms. The molecule has 2 N–H and O–H groups in total. The number of ether oxygens (including phenoxy) is 7. The summed E-state index contributed by atoms with van der Waals surface area (Å²) in [6.07, 6.45) is -9.73. The number of fused-ring (bicyclic) bond motifs is 3. The van der Waals surface area contributed by atoms with E-state index in [4.69, 9.17) is 33.2 Å². The molecule has 1 amide bonds. The van der Waals surface area contributed by atoms with Crippen LogP contribution in [0, 0.1) is 0 Å². The van der Waals surface area contributed by atoms with E-state index in [2.05, 4.69) is 5.32 Å². The van der Waals surface area contributed by atoms with Gasteiger partial charge in [-0.2, -0.15) is 0 Å². The Labute approximate surface area is 265 Å². The predicted octanol–water partition coefficient (Wildman–Crippen LogP) is 1.99. The lowest BCUT2D eigenvalue weighted by Gasteiger charge is -2.44. The van der Waals surface area contributed by atoms with Crippen molar-refractivity contribution in [3.8, 4) is 11.1 Å². The minimum atomic E-state index is -1.85. The summed E-state index contributed by atoms with van der Waals surface area (Å²) >= 11 is 0. The third-order valence-corrected chi connectivity index (χ3v) is 7.28. The summed E-state index contributed by atoms with van der Waals surface area (Å²) in [6, 6.07) is 15.9. The van der Waals surface area contributed by atoms with Crippen LogP contribution in [0.25, 0.3) is 11.1 Å². The zero-order valence-corrected chi connectivity index (χ0v) is 25.8. The van der Waals surface area contributed by atoms with Crippen molar-refractivity contribution in [2.24, 2.45) is 0 Å². The number of carbonyl (C=O) groups excluding carboxylic acids is 5. The van der Waals surface area contributed by atoms with Crippen LogP contribution in [0.5, 0.6) is 0 Å². The molecule has 0 aromatic heterocycles. The lowest BCUT2D eigenvalue weighted by atomic mass is 9.94. The second kappa shape index (κ2) is 15.7. The van der Waals surface area contributed by atoms with Crippen molar-refractivity contribution in [2.75, 3.05) is 26.4 Å². The quantitative estimate of drug-likeness (QED) is 0.195. The molecule has 1 aliphatic heterocycles. The van der Waals surface area contributed by atoms with Gasteiger partial charge in [0.2, 0.25) is 0 Å². The largest absolute Gasteiger partial charge is 0.457 e. The second-order valence-electron chi connectivity index (χ2n) is 10.7. The van der Waals surface area contributed by atoms with Crippen molar-refractivity contribution in [1.29, 1.82) is 0 Å². The smallest absolute Gasteiger partial charge is 0.407 e. The first-order valence-electron chi connectivity index (χ1n) is 14.6. The molecule has 3 unspecified atom stereocenters. The fraction of sp³-hybridized carbons (Fsp3) is 0.469. The number of amides is 1. The van der Waals surface area contributed by atoms with Gasteiger partial charge in [-0.1, -0.05) is 48.5 Å². The molecule has 1 fully saturated rings. The van der Waals surface area contributed by atoms with Gasteiger partial charge in [-0.3, -0.25) is 19.2 Å². The van der Waals surface area contributed by atoms with Gasteiger partial charge >= 0.3 is 30.0 Å². The van der Waals surface area contributed by atoms with Crippen molar-refractivity contribution in [1.82, 2.24) is 5.32 Å². The van der Waals surface area contributed by atoms with Gasteiger partial charge < -0.3 is 43.6 Å². The highest BCUT2D eigenvalue weighted by Gasteiger charge is 2.54. The number of nitrogens with one attached hydrogen (secondary N) is 1. The number of benzene rings is 2. The number of rotatable bonds is 12. The zero-order chi connectivity index (χ0) is 33.4. The molecule has 1 saturated heterocycles. The van der Waals surface area contributed by atoms with Gasteiger partial charge in [0.1, 0.15) is 12.7 Å². The predicted molar refractivity (Wildman–Crippen MR) is 157 cm³/mol. The number of carbonyl (C=O) groups is 5. The maximum absolute atomic E-state index is 12.5. The highest BCUT2D eigenvalue weighted by Crippen LogP contribution is 2.44. The summed E-state index contributed by atoms with van der Waals surface area (Å²) in [7, 11) is 0. The molecule has 4 rings (SSSR count). The molecular weight excluding hydrogens is 606 g/mol. The maximum Gasteiger partial charge on any atom is 0.407 e. The Morgan fingerprint density at radius 2 is 1.33 bits per heavy atom. The topological polar surface area (TPSA) is 182 Å². The summed E-state index contributed by atoms with van der Waals surface area (Å²) in [6.45, 7) is 4.10. The third kappa shape index (κ3) is 8.59. The molecule has 1 heterocycles. The van der Waals surface area contributed by atoms with Crippen LogP contribution in [-0.4, -0.2) is 98.3 Å². The van der Waals surface area contributed by atoms with Crippen LogP contribution in [0.3, 0.4) is 0 Å². The van der Waals surface area contributed by atoms with E-state index < -0.39 is 66.8 Å². The molecule has 1 aliphatic carbocycles. The first kappa shape index (κ1) is 34.3. The lowest BCUT2D eigenvalue weighted by molar-refractivity contribution is -0.307. The zero-order valence-electron chi connectivity index (χ0n) is 25.8. The van der Waals surface area contributed by atoms with Crippen LogP contribution in [-0.2, 0) is 52.3 Å². The van der Waals surface area contributed by atoms with Gasteiger partial charge in [-0.25, -0.2) is 4.79 Å². The molecule has 248 valence electrons. The van der Waals surface area contributed by atoms with Crippen molar-refractivity contribution in [3.63, 3.8) is 0 Å². The van der Waals surface area contributed by atoms with E-state index in [1.54, 1.807) is 0 Å². The molecule has 2 aliphatic rings. The molecule has 14 heteroatoms. The van der Waals surface area contributed by atoms with Crippen molar-refractivity contribution < 1.29 is 62.2 Å². The Bertz CT molecular complexity index is 1380. The van der Waals surface area contributed by atoms with Crippen LogP contribution in [0.15, 0.2) is 48.5 Å². The standard InChI is InChI=1S/C32H37NO13/c1-17(34)42-26(27-28(43-18(2)35)29(44-19(3)36)30(31(38)46-27)45-20(4)37)16-40-14-13-33-32(39)41-15-25-23-11-7-5-9-21(23)22-10-6-8-12-24(22)25/h5-12,25-31,38H,13-16H2,1-4H3,(H,33,39)/t26-,27?,28-,29?,30?,31-/m1/s1. The molecular formula is C32H37NO13. The summed E-state index contributed by atoms with van der Waals surface area (Å²) in [5.74, 6) is -3.33. The summed E-state index contributed by atoms with van der Waals surface area (Å²) in [4.78, 5) is 60.0. The Hall–Kier alpha value is -4.53. The molecule has 2 aromatic carbocycles. The van der Waals surface area contributed by atoms with Gasteiger partial charge in [0, 0.05) is 40.2 Å². The summed E-state index contributed by atoms with van der Waals surface area (Å²) < 4.78 is 37.8. The number of aliphatic hydroxyl groups is 1. The van der Waals surface area contributed by atoms with E-state index in [1.807, 2.05) is 48.5 Å². The Kier molecular flexibility index (Phi) is 11.7. The lowest BCUT2D eigenvalue weighted by Crippen LogP contribution is -2.64. The molecule has 0 spiro atoms. The number of alkyl carbamates (subject to hydrolysis) is 1. The minimum Gasteiger partial charge on any atom is -0.457 e. The average Bonchev–Trinajstić information content (AvgIpc) is 3.31. The number of hydrogen-bond donors (Lipinski definition) is 2. The summed E-state index contributed by atoms with van der Waals surface area (Å²) in [5, 5.41) is 13.2. The number of esters is 4. The van der Waals surface area contributed by atoms with Crippen molar-refractivity contribution in [2.45, 2.75) is 70.4 Å². The van der Waals surface area contributed by atoms with E-state index in [9.17, 15) is 29.1 Å². The van der Waals surface area contributed by atoms with Gasteiger partial charge in [0.05, 0.1) is 13.2 Å². The number of hydrogen-bond acceptors (Lipinski definition) is 13. The van der Waals surface area contributed by atoms with Crippen LogP contribution in [0.2, 0.25) is 0 Å². The average molecular weight is 644 g/mol. The van der Waals surface area contributed by atoms with Gasteiger partial charge in [-0.15, -0.1) is 0 Å². The third-order valence-electron chi connectivity index (χ3n) is 7.28. The van der Waals surface area contributed by atoms with Gasteiger partial charge in [0.15, 0.2) is 30.7 Å². The first-order valence-corrected chi connectivity index (χ1v) is 14.6. The van der Waals surface area contributed by atoms with E-state index in [0.717, 1.165) is 49.9 Å². The van der Waals surface area contributed by atoms with Crippen LogP contribution >= 0.6 is 0 Å². The van der Waals surface area contributed by atoms with Gasteiger partial charge in [-0.05, 0) is 22.3 Å². The normalized spacial score (nSPS) is 22.4. The van der Waals surface area contributed by atoms with Crippen LogP contribution in [0.4, 0.5) is 4.79 Å². The van der Waals surface area contributed by atoms with E-state index in [0.29, 0.717) is 0 Å². The fourth-order valence-corrected chi connectivity index (χ4v) is 5.60. The Morgan fingerprint density at radius 3 is 1.89 bits per heavy atom. The Balaban J connectivity index is 1.34. The summed E-state index contributed by atoms with van der Waals surface area (Å²) in [5.41, 5.74) is 4.37. The van der Waals surface area contributed by atoms with E-state index >= 15 is 0 Å². The SMILES string of the molecule is CC(=O)OC1C(OC(C)=O)[C@H](O)OC([C@@H](COCCNC(=O)OCC2c3ccccc3-c3ccccc32)OC(C)=O)[C@H]1OC(C)=O. The molecule has 6 atom stereocenters. The Morgan fingerprint density at radius 1 is 0.783 bits per heavy atom. The second-order valence-corrected chi connectivity index (χ2v) is 10.7. The molecule has 46 heavy (non-hydrogen) atoms. The minimum absolute atomic E-state index is 0.0234. The van der Waals surface area contributed by atoms with Crippen LogP contribution in [0.1, 0.15) is 44.7 Å². The molecule has 0 radical (unpaired) electrons. The van der Waals surface area contributed by atoms with E-state index in [1.165, 1.54) is 0 Å². The monoisotopic (exact) mass is 643 g/mol.